The van der Waals surface area contributed by atoms with Gasteiger partial charge < -0.3 is 194 Å². The summed E-state index contributed by atoms with van der Waals surface area (Å²) < 4.78 is 125. The zero-order chi connectivity index (χ0) is 75.6. The van der Waals surface area contributed by atoms with E-state index >= 15 is 0 Å². The summed E-state index contributed by atoms with van der Waals surface area (Å²) >= 11 is 0. The third-order valence-electron chi connectivity index (χ3n) is 18.0. The molecule has 590 valence electrons. The van der Waals surface area contributed by atoms with Crippen molar-refractivity contribution in [3.05, 3.63) is 0 Å². The Kier molecular flexibility index (Phi) is 29.3. The van der Waals surface area contributed by atoms with Crippen LogP contribution in [0.5, 0.6) is 0 Å². The van der Waals surface area contributed by atoms with E-state index in [0.29, 0.717) is 0 Å². The number of aliphatic carboxylic acids is 1. The normalized spacial score (nSPS) is 48.2. The highest BCUT2D eigenvalue weighted by atomic mass is 32.3. The Morgan fingerprint density at radius 3 is 1.32 bits per heavy atom. The number of carboxylic acids is 1. The van der Waals surface area contributed by atoms with Crippen molar-refractivity contribution < 1.29 is 215 Å². The molecule has 0 saturated carbocycles. The van der Waals surface area contributed by atoms with Crippen LogP contribution in [0.15, 0.2) is 0 Å². The van der Waals surface area contributed by atoms with E-state index in [2.05, 4.69) is 20.1 Å². The standard InChI is InChI=1S/C54H89N3O44S/c1-11-24(65)31(72)35(76)50(88-11)101-45-44(100-53-38(79)42(27(68)16(6-59)91-53)98-52-36(77)32(73)33(74)43(99-52)46(80)81)40(96-51-37(78)34(75)39(17(7-60)92-51)95-49-22(56-13(3)63)30(71)25(66)15(5-58)90-49)18(8-61)93-54(45)97-41-23(57-14(4)64)47(82)89-19(28(41)69)9-86-48-21(55-12(2)62)29(70)26(67)20(94-48)10-87-102(83,84)85/h11,15-45,47-54,58-61,65-79,82H,5-10H2,1-4H3,(H,55,62)(H,56,63)(H,57,64)(H,80,81)(H,83,84,85)/t11-,15+,16+,17+,18+,19+,20+,21+,22+,23+,24+,25-,26+,27-,28-,29+,30+,31+,32-,33-,34+,35-,36+,37+,38-,39-,40-,41+,42-,43-,44-,45+,47-,48+,49+,50-,51-,52+,53-,54-/m0/s1. The van der Waals surface area contributed by atoms with Gasteiger partial charge in [0.15, 0.2) is 56.4 Å². The minimum atomic E-state index is -5.23. The number of rotatable bonds is 26. The molecule has 0 unspecified atom stereocenters. The molecule has 3 amide bonds. The maximum Gasteiger partial charge on any atom is 0.397 e. The highest BCUT2D eigenvalue weighted by molar-refractivity contribution is 7.80. The number of carboxylic acid groups (broad SMARTS) is 1. The fraction of sp³-hybridized carbons (Fsp3) is 0.926. The van der Waals surface area contributed by atoms with Crippen molar-refractivity contribution in [2.75, 3.05) is 39.6 Å². The van der Waals surface area contributed by atoms with Gasteiger partial charge in [-0.25, -0.2) is 8.98 Å². The molecule has 102 heavy (non-hydrogen) atoms. The second-order valence-corrected chi connectivity index (χ2v) is 26.3. The first kappa shape index (κ1) is 84.0. The number of nitrogens with one attached hydrogen (secondary N) is 3. The Labute approximate surface area is 576 Å². The van der Waals surface area contributed by atoms with Gasteiger partial charge in [-0.3, -0.25) is 18.9 Å². The van der Waals surface area contributed by atoms with E-state index < -0.39 is 319 Å². The molecule has 0 aliphatic carbocycles. The first-order chi connectivity index (χ1) is 47.9. The van der Waals surface area contributed by atoms with E-state index in [-0.39, 0.29) is 0 Å². The average molecular weight is 1520 g/mol. The Morgan fingerprint density at radius 2 is 0.755 bits per heavy atom. The molecule has 8 aliphatic rings. The summed E-state index contributed by atoms with van der Waals surface area (Å²) in [7, 11) is -5.23. The number of hydrogen-bond acceptors (Lipinski definition) is 42. The first-order valence-corrected chi connectivity index (χ1v) is 33.0. The minimum absolute atomic E-state index is 0.835. The van der Waals surface area contributed by atoms with Gasteiger partial charge in [0.25, 0.3) is 0 Å². The zero-order valence-electron chi connectivity index (χ0n) is 54.1. The van der Waals surface area contributed by atoms with E-state index in [1.54, 1.807) is 0 Å². The van der Waals surface area contributed by atoms with Gasteiger partial charge >= 0.3 is 16.4 Å². The van der Waals surface area contributed by atoms with Crippen LogP contribution >= 0.6 is 0 Å². The third kappa shape index (κ3) is 18.9. The van der Waals surface area contributed by atoms with Crippen LogP contribution in [-0.2, 0) is 105 Å². The molecule has 8 aliphatic heterocycles. The van der Waals surface area contributed by atoms with Crippen molar-refractivity contribution >= 4 is 34.1 Å². The van der Waals surface area contributed by atoms with Gasteiger partial charge in [-0.1, -0.05) is 0 Å². The van der Waals surface area contributed by atoms with E-state index in [4.69, 9.17) is 71.1 Å². The molecule has 40 atom stereocenters. The van der Waals surface area contributed by atoms with Gasteiger partial charge in [0.1, 0.15) is 183 Å². The molecule has 0 aromatic rings. The van der Waals surface area contributed by atoms with Crippen LogP contribution in [0.3, 0.4) is 0 Å². The molecule has 0 aromatic heterocycles. The molecule has 0 spiro atoms. The monoisotopic (exact) mass is 1520 g/mol. The van der Waals surface area contributed by atoms with Crippen molar-refractivity contribution in [2.45, 2.75) is 273 Å². The Bertz CT molecular complexity index is 2850. The Balaban J connectivity index is 1.21. The van der Waals surface area contributed by atoms with E-state index in [1.807, 2.05) is 0 Å². The molecule has 47 nitrogen and oxygen atoms in total. The molecule has 25 N–H and O–H groups in total. The van der Waals surface area contributed by atoms with E-state index in [0.717, 1.165) is 27.7 Å². The first-order valence-electron chi connectivity index (χ1n) is 31.6. The second-order valence-electron chi connectivity index (χ2n) is 25.2. The van der Waals surface area contributed by atoms with Crippen LogP contribution in [0.4, 0.5) is 0 Å². The lowest BCUT2D eigenvalue weighted by molar-refractivity contribution is -0.420. The molecule has 0 bridgehead atoms. The van der Waals surface area contributed by atoms with Crippen LogP contribution in [0.1, 0.15) is 27.7 Å². The number of carbonyl (C=O) groups excluding carboxylic acids is 3. The summed E-state index contributed by atoms with van der Waals surface area (Å²) in [6.45, 7) is -3.09. The number of aliphatic hydroxyl groups is 20. The third-order valence-corrected chi connectivity index (χ3v) is 18.4. The fourth-order valence-electron chi connectivity index (χ4n) is 12.6. The lowest BCUT2D eigenvalue weighted by Crippen LogP contribution is -2.71. The lowest BCUT2D eigenvalue weighted by atomic mass is 9.93. The number of ether oxygens (including phenoxy) is 15. The molecule has 48 heteroatoms. The quantitative estimate of drug-likeness (QED) is 0.0358. The molecular formula is C54H89N3O44S. The molecule has 8 saturated heterocycles. The van der Waals surface area contributed by atoms with Crippen LogP contribution in [0.25, 0.3) is 0 Å². The SMILES string of the molecule is CC(=O)N[C@@H]1[C@@H](O[C@@H]2O[C@H](CO)[C@H](O[C@@H]3O[C@H](CO)[C@H](O[C@H]4O[C@H](CO)[C@H](O)[C@H](O)[C@H]4NC(C)=O)[C@H](O)[C@H]3O)[C@H](O[C@@H]3O[C@H](CO)[C@H](O)[C@H](O[C@@H]4O[C@H](C(=O)O)[C@@H](O)[C@H](O)[C@H]4O)[C@@H]3O)[C@H]2O[C@@H]2O[C@@H](C)[C@@H](O)[C@@H](O)[C@@H]2O)[C@@H](O)[C@@H](CO[C@@H]2O[C@H](COS(=O)(=O)O)[C@@H](O)[C@H](O)[C@H]2NC(C)=O)O[C@@H]1O. The summed E-state index contributed by atoms with van der Waals surface area (Å²) in [5, 5.41) is 241. The Morgan fingerprint density at radius 1 is 0.353 bits per heavy atom. The van der Waals surface area contributed by atoms with Crippen molar-refractivity contribution in [3.8, 4) is 0 Å². The van der Waals surface area contributed by atoms with Crippen LogP contribution in [0.2, 0.25) is 0 Å². The summed E-state index contributed by atoms with van der Waals surface area (Å²) in [4.78, 5) is 49.8. The second kappa shape index (κ2) is 35.6. The maximum atomic E-state index is 13.0. The van der Waals surface area contributed by atoms with E-state index in [9.17, 15) is 139 Å². The molecule has 8 fully saturated rings. The number of amides is 3. The fourth-order valence-corrected chi connectivity index (χ4v) is 12.9. The maximum absolute atomic E-state index is 13.0. The largest absolute Gasteiger partial charge is 0.479 e. The van der Waals surface area contributed by atoms with Gasteiger partial charge in [-0.15, -0.1) is 0 Å². The van der Waals surface area contributed by atoms with Crippen LogP contribution < -0.4 is 16.0 Å². The van der Waals surface area contributed by atoms with Crippen molar-refractivity contribution in [3.63, 3.8) is 0 Å². The van der Waals surface area contributed by atoms with Gasteiger partial charge in [-0.2, -0.15) is 8.42 Å². The highest BCUT2D eigenvalue weighted by Crippen LogP contribution is 2.41. The zero-order valence-corrected chi connectivity index (χ0v) is 54.9. The summed E-state index contributed by atoms with van der Waals surface area (Å²) in [6, 6.07) is -5.49. The summed E-state index contributed by atoms with van der Waals surface area (Å²) in [6.07, 6.45) is -81.7. The highest BCUT2D eigenvalue weighted by Gasteiger charge is 2.61. The molecule has 0 radical (unpaired) electrons. The smallest absolute Gasteiger partial charge is 0.397 e. The van der Waals surface area contributed by atoms with Gasteiger partial charge in [0.05, 0.1) is 45.7 Å². The minimum Gasteiger partial charge on any atom is -0.479 e. The topological polar surface area (TPSA) is 731 Å². The molecular weight excluding hydrogens is 1430 g/mol. The van der Waals surface area contributed by atoms with Crippen molar-refractivity contribution in [1.82, 2.24) is 16.0 Å². The summed E-state index contributed by atoms with van der Waals surface area (Å²) in [5.41, 5.74) is 0. The van der Waals surface area contributed by atoms with Crippen molar-refractivity contribution in [2.24, 2.45) is 0 Å². The number of aliphatic hydroxyl groups excluding tert-OH is 20. The average Bonchev–Trinajstić information content (AvgIpc) is 0.757. The summed E-state index contributed by atoms with van der Waals surface area (Å²) in [5.74, 6) is -4.64. The predicted molar refractivity (Wildman–Crippen MR) is 309 cm³/mol. The molecule has 0 aromatic carbocycles. The van der Waals surface area contributed by atoms with Crippen LogP contribution in [-0.4, -0.2) is 429 Å². The van der Waals surface area contributed by atoms with Crippen molar-refractivity contribution in [1.29, 1.82) is 0 Å². The van der Waals surface area contributed by atoms with Gasteiger partial charge in [-0.05, 0) is 6.92 Å². The lowest BCUT2D eigenvalue weighted by Gasteiger charge is -2.53. The Hall–Kier alpha value is -3.65. The van der Waals surface area contributed by atoms with Gasteiger partial charge in [0.2, 0.25) is 17.7 Å². The van der Waals surface area contributed by atoms with E-state index in [1.165, 1.54) is 0 Å². The predicted octanol–water partition coefficient (Wildman–Crippen LogP) is -17.1. The number of carbonyl (C=O) groups is 4. The molecule has 8 rings (SSSR count). The van der Waals surface area contributed by atoms with Crippen LogP contribution in [0, 0.1) is 0 Å². The molecule has 8 heterocycles. The van der Waals surface area contributed by atoms with Gasteiger partial charge in [0, 0.05) is 20.8 Å². The number of hydrogen-bond donors (Lipinski definition) is 25.